The van der Waals surface area contributed by atoms with E-state index in [0.717, 1.165) is 27.6 Å². The molecule has 1 heterocycles. The van der Waals surface area contributed by atoms with Crippen LogP contribution in [0.3, 0.4) is 0 Å². The maximum Gasteiger partial charge on any atom is 0.220 e. The number of ether oxygens (including phenoxy) is 2. The van der Waals surface area contributed by atoms with Crippen LogP contribution < -0.4 is 14.8 Å². The molecular weight excluding hydrogens is 419 g/mol. The van der Waals surface area contributed by atoms with E-state index in [4.69, 9.17) is 9.47 Å². The second-order valence-electron chi connectivity index (χ2n) is 7.89. The first kappa shape index (κ1) is 22.4. The van der Waals surface area contributed by atoms with Gasteiger partial charge < -0.3 is 19.4 Å². The summed E-state index contributed by atoms with van der Waals surface area (Å²) in [7, 11) is 3.18. The van der Waals surface area contributed by atoms with Crippen LogP contribution in [-0.4, -0.2) is 24.7 Å². The fourth-order valence-electron chi connectivity index (χ4n) is 3.97. The summed E-state index contributed by atoms with van der Waals surface area (Å²) < 4.78 is 26.0. The van der Waals surface area contributed by atoms with E-state index in [9.17, 15) is 9.18 Å². The highest BCUT2D eigenvalue weighted by Gasteiger charge is 2.11. The minimum Gasteiger partial charge on any atom is -0.493 e. The molecule has 0 bridgehead atoms. The Bertz CT molecular complexity index is 1250. The van der Waals surface area contributed by atoms with Crippen LogP contribution in [0.4, 0.5) is 4.39 Å². The molecule has 0 radical (unpaired) electrons. The molecule has 0 spiro atoms. The molecule has 6 heteroatoms. The number of amides is 1. The molecule has 33 heavy (non-hydrogen) atoms. The number of methoxy groups -OCH3 is 2. The summed E-state index contributed by atoms with van der Waals surface area (Å²) in [5.41, 5.74) is 4.19. The average Bonchev–Trinajstić information content (AvgIpc) is 3.20. The first-order valence-electron chi connectivity index (χ1n) is 10.9. The van der Waals surface area contributed by atoms with Crippen molar-refractivity contribution in [1.29, 1.82) is 0 Å². The van der Waals surface area contributed by atoms with E-state index >= 15 is 0 Å². The maximum absolute atomic E-state index is 13.2. The third-order valence-corrected chi connectivity index (χ3v) is 5.70. The Balaban J connectivity index is 1.40. The van der Waals surface area contributed by atoms with Gasteiger partial charge in [0.25, 0.3) is 0 Å². The number of carbonyl (C=O) groups excluding carboxylic acids is 1. The second-order valence-corrected chi connectivity index (χ2v) is 7.89. The minimum absolute atomic E-state index is 0.0137. The van der Waals surface area contributed by atoms with Crippen LogP contribution in [0.5, 0.6) is 11.5 Å². The number of nitrogens with zero attached hydrogens (tertiary/aromatic N) is 1. The quantitative estimate of drug-likeness (QED) is 0.389. The molecule has 0 saturated carbocycles. The minimum atomic E-state index is -0.240. The molecule has 5 nitrogen and oxygen atoms in total. The Morgan fingerprint density at radius 1 is 0.939 bits per heavy atom. The van der Waals surface area contributed by atoms with E-state index < -0.39 is 0 Å². The molecule has 1 aromatic heterocycles. The lowest BCUT2D eigenvalue weighted by atomic mass is 10.1. The van der Waals surface area contributed by atoms with Crippen LogP contribution in [0.15, 0.2) is 72.9 Å². The predicted octanol–water partition coefficient (Wildman–Crippen LogP) is 5.09. The van der Waals surface area contributed by atoms with Gasteiger partial charge in [0.05, 0.1) is 14.2 Å². The molecular formula is C27H27FN2O3. The highest BCUT2D eigenvalue weighted by molar-refractivity contribution is 5.85. The Labute approximate surface area is 192 Å². The molecule has 1 amide bonds. The van der Waals surface area contributed by atoms with Gasteiger partial charge in [-0.2, -0.15) is 0 Å². The number of para-hydroxylation sites is 1. The average molecular weight is 447 g/mol. The number of aromatic nitrogens is 1. The van der Waals surface area contributed by atoms with Crippen LogP contribution in [-0.2, 0) is 24.3 Å². The molecule has 1 N–H and O–H groups in total. The number of nitrogens with one attached hydrogen (secondary N) is 1. The highest BCUT2D eigenvalue weighted by Crippen LogP contribution is 2.27. The SMILES string of the molecule is COc1ccc(CNC(=O)CCc2cn(Cc3ccc(F)cc3)c3ccccc23)cc1OC. The lowest BCUT2D eigenvalue weighted by Crippen LogP contribution is -2.23. The van der Waals surface area contributed by atoms with Crippen LogP contribution in [0.2, 0.25) is 0 Å². The second kappa shape index (κ2) is 10.2. The molecule has 4 aromatic rings. The topological polar surface area (TPSA) is 52.5 Å². The number of halogens is 1. The van der Waals surface area contributed by atoms with Crippen molar-refractivity contribution in [2.75, 3.05) is 14.2 Å². The number of benzene rings is 3. The largest absolute Gasteiger partial charge is 0.493 e. The van der Waals surface area contributed by atoms with Crippen LogP contribution in [0.25, 0.3) is 10.9 Å². The molecule has 0 fully saturated rings. The van der Waals surface area contributed by atoms with Gasteiger partial charge in [-0.15, -0.1) is 0 Å². The maximum atomic E-state index is 13.2. The molecule has 0 aliphatic carbocycles. The third-order valence-electron chi connectivity index (χ3n) is 5.70. The molecule has 0 aliphatic heterocycles. The normalized spacial score (nSPS) is 10.9. The number of hydrogen-bond acceptors (Lipinski definition) is 3. The summed E-state index contributed by atoms with van der Waals surface area (Å²) >= 11 is 0. The van der Waals surface area contributed by atoms with Crippen molar-refractivity contribution in [1.82, 2.24) is 9.88 Å². The Kier molecular flexibility index (Phi) is 6.93. The van der Waals surface area contributed by atoms with E-state index in [1.165, 1.54) is 12.1 Å². The highest BCUT2D eigenvalue weighted by atomic mass is 19.1. The van der Waals surface area contributed by atoms with Crippen molar-refractivity contribution >= 4 is 16.8 Å². The van der Waals surface area contributed by atoms with Gasteiger partial charge in [-0.3, -0.25) is 4.79 Å². The first-order chi connectivity index (χ1) is 16.1. The van der Waals surface area contributed by atoms with Crippen LogP contribution in [0, 0.1) is 5.82 Å². The van der Waals surface area contributed by atoms with Crippen molar-refractivity contribution in [3.05, 3.63) is 95.4 Å². The van der Waals surface area contributed by atoms with Crippen LogP contribution in [0.1, 0.15) is 23.1 Å². The Hall–Kier alpha value is -3.80. The summed E-state index contributed by atoms with van der Waals surface area (Å²) in [6.07, 6.45) is 3.11. The smallest absolute Gasteiger partial charge is 0.220 e. The fourth-order valence-corrected chi connectivity index (χ4v) is 3.97. The van der Waals surface area contributed by atoms with Gasteiger partial charge in [0, 0.05) is 36.6 Å². The Morgan fingerprint density at radius 3 is 2.42 bits per heavy atom. The van der Waals surface area contributed by atoms with Gasteiger partial charge >= 0.3 is 0 Å². The molecule has 3 aromatic carbocycles. The van der Waals surface area contributed by atoms with Crippen molar-refractivity contribution in [2.45, 2.75) is 25.9 Å². The molecule has 0 saturated heterocycles. The lowest BCUT2D eigenvalue weighted by Gasteiger charge is -2.10. The zero-order chi connectivity index (χ0) is 23.2. The zero-order valence-corrected chi connectivity index (χ0v) is 18.8. The number of hydrogen-bond donors (Lipinski definition) is 1. The van der Waals surface area contributed by atoms with Crippen molar-refractivity contribution < 1.29 is 18.7 Å². The van der Waals surface area contributed by atoms with E-state index in [0.29, 0.717) is 37.4 Å². The fraction of sp³-hybridized carbons (Fsp3) is 0.222. The number of aryl methyl sites for hydroxylation is 1. The first-order valence-corrected chi connectivity index (χ1v) is 10.9. The number of rotatable bonds is 9. The van der Waals surface area contributed by atoms with Gasteiger partial charge in [0.1, 0.15) is 5.82 Å². The summed E-state index contributed by atoms with van der Waals surface area (Å²) in [6.45, 7) is 1.07. The van der Waals surface area contributed by atoms with Gasteiger partial charge in [-0.25, -0.2) is 4.39 Å². The van der Waals surface area contributed by atoms with Crippen LogP contribution >= 0.6 is 0 Å². The van der Waals surface area contributed by atoms with Gasteiger partial charge in [0.2, 0.25) is 5.91 Å². The summed E-state index contributed by atoms with van der Waals surface area (Å²) in [5.74, 6) is 1.04. The zero-order valence-electron chi connectivity index (χ0n) is 18.8. The Morgan fingerprint density at radius 2 is 1.67 bits per heavy atom. The van der Waals surface area contributed by atoms with Crippen molar-refractivity contribution in [3.8, 4) is 11.5 Å². The molecule has 4 rings (SSSR count). The summed E-state index contributed by atoms with van der Waals surface area (Å²) in [5, 5.41) is 4.11. The third kappa shape index (κ3) is 5.34. The van der Waals surface area contributed by atoms with Crippen molar-refractivity contribution in [2.24, 2.45) is 0 Å². The molecule has 0 unspecified atom stereocenters. The molecule has 0 aliphatic rings. The van der Waals surface area contributed by atoms with Gasteiger partial charge in [0.15, 0.2) is 11.5 Å². The van der Waals surface area contributed by atoms with E-state index in [-0.39, 0.29) is 11.7 Å². The van der Waals surface area contributed by atoms with E-state index in [1.807, 2.05) is 30.3 Å². The lowest BCUT2D eigenvalue weighted by molar-refractivity contribution is -0.121. The number of carbonyl (C=O) groups is 1. The standard InChI is InChI=1S/C27H27FN2O3/c1-32-25-13-9-20(15-26(25)33-2)16-29-27(31)14-10-21-18-30(24-6-4-3-5-23(21)24)17-19-7-11-22(28)12-8-19/h3-9,11-13,15,18H,10,14,16-17H2,1-2H3,(H,29,31). The predicted molar refractivity (Wildman–Crippen MR) is 127 cm³/mol. The van der Waals surface area contributed by atoms with Gasteiger partial charge in [-0.1, -0.05) is 36.4 Å². The van der Waals surface area contributed by atoms with E-state index in [2.05, 4.69) is 28.2 Å². The summed E-state index contributed by atoms with van der Waals surface area (Å²) in [4.78, 5) is 12.5. The number of fused-ring (bicyclic) bond motifs is 1. The van der Waals surface area contributed by atoms with E-state index in [1.54, 1.807) is 26.4 Å². The molecule has 0 atom stereocenters. The monoisotopic (exact) mass is 446 g/mol. The van der Waals surface area contributed by atoms with Crippen molar-refractivity contribution in [3.63, 3.8) is 0 Å². The molecule has 170 valence electrons. The van der Waals surface area contributed by atoms with Gasteiger partial charge in [-0.05, 0) is 53.4 Å². The summed E-state index contributed by atoms with van der Waals surface area (Å²) in [6, 6.07) is 20.3.